The van der Waals surface area contributed by atoms with E-state index in [4.69, 9.17) is 4.74 Å². The summed E-state index contributed by atoms with van der Waals surface area (Å²) in [4.78, 5) is 7.06. The minimum absolute atomic E-state index is 0.329. The van der Waals surface area contributed by atoms with Gasteiger partial charge in [0.1, 0.15) is 5.82 Å². The predicted molar refractivity (Wildman–Crippen MR) is 88.7 cm³/mol. The molecule has 1 unspecified atom stereocenters. The van der Waals surface area contributed by atoms with E-state index in [1.54, 1.807) is 0 Å². The first-order chi connectivity index (χ1) is 10.6. The van der Waals surface area contributed by atoms with Gasteiger partial charge in [-0.15, -0.1) is 0 Å². The number of piperidine rings is 1. The Morgan fingerprint density at radius 2 is 2.14 bits per heavy atom. The van der Waals surface area contributed by atoms with Gasteiger partial charge in [-0.1, -0.05) is 6.92 Å². The molecule has 2 aromatic rings. The van der Waals surface area contributed by atoms with Crippen LogP contribution in [0.25, 0.3) is 5.65 Å². The third kappa shape index (κ3) is 2.82. The lowest BCUT2D eigenvalue weighted by Gasteiger charge is -2.34. The summed E-state index contributed by atoms with van der Waals surface area (Å²) < 4.78 is 7.97. The van der Waals surface area contributed by atoms with Gasteiger partial charge in [0.15, 0.2) is 5.65 Å². The third-order valence-electron chi connectivity index (χ3n) is 4.43. The van der Waals surface area contributed by atoms with Crippen molar-refractivity contribution in [3.05, 3.63) is 23.0 Å². The van der Waals surface area contributed by atoms with Gasteiger partial charge in [0.2, 0.25) is 0 Å². The molecule has 0 spiro atoms. The summed E-state index contributed by atoms with van der Waals surface area (Å²) in [5, 5.41) is 4.69. The summed E-state index contributed by atoms with van der Waals surface area (Å²) in [6, 6.07) is 2.14. The molecule has 0 radical (unpaired) electrons. The number of hydrogen-bond acceptors (Lipinski definition) is 4. The average Bonchev–Trinajstić information content (AvgIpc) is 2.80. The number of ether oxygens (including phenoxy) is 1. The highest BCUT2D eigenvalue weighted by Gasteiger charge is 2.23. The van der Waals surface area contributed by atoms with Crippen LogP contribution >= 0.6 is 0 Å². The number of aryl methyl sites for hydroxylation is 3. The first-order valence-corrected chi connectivity index (χ1v) is 8.30. The maximum atomic E-state index is 5.97. The number of rotatable bonds is 4. The van der Waals surface area contributed by atoms with Crippen LogP contribution in [0.3, 0.4) is 0 Å². The summed E-state index contributed by atoms with van der Waals surface area (Å²) in [6.45, 7) is 11.2. The molecule has 0 amide bonds. The molecule has 5 nitrogen and oxygen atoms in total. The van der Waals surface area contributed by atoms with Gasteiger partial charge in [-0.25, -0.2) is 4.98 Å². The SMILES string of the molecule is CCCOC1CCCN(c2cc(C)nc3c(C)c(C)nn23)C1. The van der Waals surface area contributed by atoms with Gasteiger partial charge in [0.25, 0.3) is 0 Å². The zero-order valence-corrected chi connectivity index (χ0v) is 14.1. The molecule has 1 atom stereocenters. The van der Waals surface area contributed by atoms with E-state index >= 15 is 0 Å². The maximum Gasteiger partial charge on any atom is 0.160 e. The topological polar surface area (TPSA) is 42.7 Å². The van der Waals surface area contributed by atoms with Gasteiger partial charge >= 0.3 is 0 Å². The number of fused-ring (bicyclic) bond motifs is 1. The quantitative estimate of drug-likeness (QED) is 0.870. The summed E-state index contributed by atoms with van der Waals surface area (Å²) in [7, 11) is 0. The van der Waals surface area contributed by atoms with Crippen molar-refractivity contribution >= 4 is 11.5 Å². The zero-order valence-electron chi connectivity index (χ0n) is 14.1. The van der Waals surface area contributed by atoms with Crippen molar-refractivity contribution in [2.24, 2.45) is 0 Å². The first-order valence-electron chi connectivity index (χ1n) is 8.30. The minimum atomic E-state index is 0.329. The van der Waals surface area contributed by atoms with Crippen LogP contribution in [0.4, 0.5) is 5.82 Å². The van der Waals surface area contributed by atoms with Gasteiger partial charge in [0, 0.05) is 37.0 Å². The Labute approximate surface area is 132 Å². The fraction of sp³-hybridized carbons (Fsp3) is 0.647. The molecule has 1 fully saturated rings. The smallest absolute Gasteiger partial charge is 0.160 e. The number of aromatic nitrogens is 3. The van der Waals surface area contributed by atoms with Crippen molar-refractivity contribution in [2.45, 2.75) is 53.1 Å². The molecule has 0 aromatic carbocycles. The zero-order chi connectivity index (χ0) is 15.7. The molecule has 1 saturated heterocycles. The van der Waals surface area contributed by atoms with E-state index in [-0.39, 0.29) is 0 Å². The molecule has 3 rings (SSSR count). The molecule has 3 heterocycles. The second-order valence-corrected chi connectivity index (χ2v) is 6.28. The van der Waals surface area contributed by atoms with E-state index in [9.17, 15) is 0 Å². The number of nitrogens with zero attached hydrogens (tertiary/aromatic N) is 4. The highest BCUT2D eigenvalue weighted by molar-refractivity contribution is 5.57. The number of anilines is 1. The van der Waals surface area contributed by atoms with Crippen molar-refractivity contribution in [1.29, 1.82) is 0 Å². The second-order valence-electron chi connectivity index (χ2n) is 6.28. The minimum Gasteiger partial charge on any atom is -0.376 e. The van der Waals surface area contributed by atoms with Gasteiger partial charge in [-0.05, 0) is 40.0 Å². The van der Waals surface area contributed by atoms with Crippen LogP contribution in [0.1, 0.15) is 43.1 Å². The Hall–Kier alpha value is -1.62. The van der Waals surface area contributed by atoms with Crippen LogP contribution in [0.2, 0.25) is 0 Å². The fourth-order valence-electron chi connectivity index (χ4n) is 3.12. The van der Waals surface area contributed by atoms with E-state index in [1.165, 1.54) is 5.56 Å². The molecule has 0 aliphatic carbocycles. The highest BCUT2D eigenvalue weighted by atomic mass is 16.5. The molecule has 2 aromatic heterocycles. The van der Waals surface area contributed by atoms with E-state index in [0.717, 1.165) is 61.8 Å². The molecule has 22 heavy (non-hydrogen) atoms. The van der Waals surface area contributed by atoms with E-state index in [2.05, 4.69) is 41.8 Å². The molecule has 0 bridgehead atoms. The monoisotopic (exact) mass is 302 g/mol. The lowest BCUT2D eigenvalue weighted by Crippen LogP contribution is -2.40. The van der Waals surface area contributed by atoms with E-state index in [1.807, 2.05) is 11.4 Å². The Kier molecular flexibility index (Phi) is 4.34. The second kappa shape index (κ2) is 6.24. The van der Waals surface area contributed by atoms with Gasteiger partial charge in [-0.2, -0.15) is 9.61 Å². The Bertz CT molecular complexity index is 664. The lowest BCUT2D eigenvalue weighted by atomic mass is 10.1. The standard InChI is InChI=1S/C17H26N4O/c1-5-9-22-15-7-6-8-20(11-15)16-10-12(2)18-17-13(3)14(4)19-21(16)17/h10,15H,5-9,11H2,1-4H3. The molecule has 120 valence electrons. The van der Waals surface area contributed by atoms with E-state index < -0.39 is 0 Å². The largest absolute Gasteiger partial charge is 0.376 e. The summed E-state index contributed by atoms with van der Waals surface area (Å²) in [5.74, 6) is 1.14. The molecule has 1 aliphatic heterocycles. The van der Waals surface area contributed by atoms with Crippen LogP contribution in [0.15, 0.2) is 6.07 Å². The van der Waals surface area contributed by atoms with Gasteiger partial charge < -0.3 is 9.64 Å². The maximum absolute atomic E-state index is 5.97. The van der Waals surface area contributed by atoms with Crippen LogP contribution in [0, 0.1) is 20.8 Å². The van der Waals surface area contributed by atoms with E-state index in [0.29, 0.717) is 6.10 Å². The Morgan fingerprint density at radius 3 is 2.91 bits per heavy atom. The van der Waals surface area contributed by atoms with Crippen LogP contribution in [0.5, 0.6) is 0 Å². The van der Waals surface area contributed by atoms with Crippen LogP contribution < -0.4 is 4.90 Å². The summed E-state index contributed by atoms with van der Waals surface area (Å²) in [5.41, 5.74) is 4.24. The summed E-state index contributed by atoms with van der Waals surface area (Å²) >= 11 is 0. The van der Waals surface area contributed by atoms with Crippen molar-refractivity contribution in [1.82, 2.24) is 14.6 Å². The fourth-order valence-corrected chi connectivity index (χ4v) is 3.12. The summed E-state index contributed by atoms with van der Waals surface area (Å²) in [6.07, 6.45) is 3.72. The molecular weight excluding hydrogens is 276 g/mol. The molecule has 1 aliphatic rings. The number of hydrogen-bond donors (Lipinski definition) is 0. The predicted octanol–water partition coefficient (Wildman–Crippen LogP) is 3.05. The third-order valence-corrected chi connectivity index (χ3v) is 4.43. The van der Waals surface area contributed by atoms with Crippen LogP contribution in [-0.2, 0) is 4.74 Å². The Morgan fingerprint density at radius 1 is 1.32 bits per heavy atom. The lowest BCUT2D eigenvalue weighted by molar-refractivity contribution is 0.0438. The molecule has 5 heteroatoms. The van der Waals surface area contributed by atoms with Crippen LogP contribution in [-0.4, -0.2) is 40.4 Å². The van der Waals surface area contributed by atoms with Gasteiger partial charge in [0.05, 0.1) is 11.8 Å². The molecular formula is C17H26N4O. The van der Waals surface area contributed by atoms with Crippen molar-refractivity contribution < 1.29 is 4.74 Å². The van der Waals surface area contributed by atoms with Crippen molar-refractivity contribution in [2.75, 3.05) is 24.6 Å². The average molecular weight is 302 g/mol. The Balaban J connectivity index is 1.93. The van der Waals surface area contributed by atoms with Crippen molar-refractivity contribution in [3.8, 4) is 0 Å². The molecule has 0 N–H and O–H groups in total. The first kappa shape index (κ1) is 15.3. The normalized spacial score (nSPS) is 19.1. The highest BCUT2D eigenvalue weighted by Crippen LogP contribution is 2.25. The molecule has 0 saturated carbocycles. The van der Waals surface area contributed by atoms with Crippen molar-refractivity contribution in [3.63, 3.8) is 0 Å². The van der Waals surface area contributed by atoms with Gasteiger partial charge in [-0.3, -0.25) is 0 Å².